The van der Waals surface area contributed by atoms with Crippen LogP contribution in [0.4, 0.5) is 4.79 Å². The van der Waals surface area contributed by atoms with E-state index in [-0.39, 0.29) is 12.6 Å². The summed E-state index contributed by atoms with van der Waals surface area (Å²) in [6.45, 7) is 0.157. The molecule has 0 aromatic heterocycles. The monoisotopic (exact) mass is 316 g/mol. The Balaban J connectivity index is 0.000000253. The van der Waals surface area contributed by atoms with E-state index in [9.17, 15) is 9.59 Å². The van der Waals surface area contributed by atoms with Gasteiger partial charge in [0.2, 0.25) is 0 Å². The van der Waals surface area contributed by atoms with Gasteiger partial charge in [-0.1, -0.05) is 48.5 Å². The Morgan fingerprint density at radius 2 is 1.52 bits per heavy atom. The highest BCUT2D eigenvalue weighted by atomic mass is 16.5. The van der Waals surface area contributed by atoms with E-state index in [1.54, 1.807) is 30.3 Å². The van der Waals surface area contributed by atoms with Gasteiger partial charge in [-0.05, 0) is 24.1 Å². The molecule has 0 fully saturated rings. The Bertz CT molecular complexity index is 603. The quantitative estimate of drug-likeness (QED) is 0.780. The van der Waals surface area contributed by atoms with Crippen LogP contribution in [0.5, 0.6) is 0 Å². The summed E-state index contributed by atoms with van der Waals surface area (Å²) in [7, 11) is 0. The van der Waals surface area contributed by atoms with Crippen molar-refractivity contribution in [2.45, 2.75) is 12.5 Å². The summed E-state index contributed by atoms with van der Waals surface area (Å²) in [5, 5.41) is 8.38. The van der Waals surface area contributed by atoms with Gasteiger partial charge in [0.05, 0.1) is 5.56 Å². The molecule has 0 saturated heterocycles. The number of carbonyl (C=O) groups is 2. The first-order chi connectivity index (χ1) is 11.0. The van der Waals surface area contributed by atoms with Gasteiger partial charge in [0.25, 0.3) is 0 Å². The SMILES string of the molecule is NC(=O)OCC(N)Cc1ccccc1.O=C(O)c1ccccc1. The highest BCUT2D eigenvalue weighted by molar-refractivity contribution is 5.87. The van der Waals surface area contributed by atoms with Crippen LogP contribution in [0.25, 0.3) is 0 Å². The molecule has 1 atom stereocenters. The molecule has 0 bridgehead atoms. The van der Waals surface area contributed by atoms with Crippen LogP contribution < -0.4 is 11.5 Å². The summed E-state index contributed by atoms with van der Waals surface area (Å²) >= 11 is 0. The molecule has 6 nitrogen and oxygen atoms in total. The third kappa shape index (κ3) is 8.23. The van der Waals surface area contributed by atoms with Gasteiger partial charge in [-0.15, -0.1) is 0 Å². The number of amides is 1. The van der Waals surface area contributed by atoms with Gasteiger partial charge in [-0.2, -0.15) is 0 Å². The molecule has 5 N–H and O–H groups in total. The van der Waals surface area contributed by atoms with Gasteiger partial charge in [0, 0.05) is 6.04 Å². The first kappa shape index (κ1) is 18.2. The molecule has 0 aliphatic carbocycles. The van der Waals surface area contributed by atoms with Crippen LogP contribution in [0.1, 0.15) is 15.9 Å². The molecule has 2 rings (SSSR count). The van der Waals surface area contributed by atoms with Crippen LogP contribution in [0.2, 0.25) is 0 Å². The zero-order chi connectivity index (χ0) is 17.1. The number of benzene rings is 2. The smallest absolute Gasteiger partial charge is 0.404 e. The topological polar surface area (TPSA) is 116 Å². The fourth-order valence-corrected chi connectivity index (χ4v) is 1.75. The molecule has 0 saturated carbocycles. The summed E-state index contributed by atoms with van der Waals surface area (Å²) in [5.74, 6) is -0.879. The molecular formula is C17H20N2O4. The van der Waals surface area contributed by atoms with E-state index in [1.165, 1.54) is 0 Å². The molecule has 6 heteroatoms. The van der Waals surface area contributed by atoms with Crippen molar-refractivity contribution in [2.24, 2.45) is 11.5 Å². The maximum Gasteiger partial charge on any atom is 0.404 e. The van der Waals surface area contributed by atoms with Gasteiger partial charge in [0.1, 0.15) is 6.61 Å². The minimum atomic E-state index is -0.879. The molecule has 23 heavy (non-hydrogen) atoms. The fourth-order valence-electron chi connectivity index (χ4n) is 1.75. The molecule has 2 aromatic rings. The predicted molar refractivity (Wildman–Crippen MR) is 87.1 cm³/mol. The molecular weight excluding hydrogens is 296 g/mol. The predicted octanol–water partition coefficient (Wildman–Crippen LogP) is 2.04. The van der Waals surface area contributed by atoms with Crippen molar-refractivity contribution < 1.29 is 19.4 Å². The first-order valence-corrected chi connectivity index (χ1v) is 6.99. The Labute approximate surface area is 134 Å². The van der Waals surface area contributed by atoms with Crippen molar-refractivity contribution in [3.63, 3.8) is 0 Å². The number of carboxylic acid groups (broad SMARTS) is 1. The van der Waals surface area contributed by atoms with Crippen LogP contribution >= 0.6 is 0 Å². The van der Waals surface area contributed by atoms with Crippen LogP contribution in [0.15, 0.2) is 60.7 Å². The highest BCUT2D eigenvalue weighted by Crippen LogP contribution is 2.01. The zero-order valence-electron chi connectivity index (χ0n) is 12.6. The van der Waals surface area contributed by atoms with Crippen LogP contribution in [-0.2, 0) is 11.2 Å². The van der Waals surface area contributed by atoms with Crippen LogP contribution in [0, 0.1) is 0 Å². The van der Waals surface area contributed by atoms with Crippen molar-refractivity contribution in [1.29, 1.82) is 0 Å². The third-order valence-corrected chi connectivity index (χ3v) is 2.80. The Morgan fingerprint density at radius 3 is 1.96 bits per heavy atom. The summed E-state index contributed by atoms with van der Waals surface area (Å²) in [6, 6.07) is 17.9. The molecule has 122 valence electrons. The Kier molecular flexibility index (Phi) is 7.88. The van der Waals surface area contributed by atoms with Gasteiger partial charge < -0.3 is 21.3 Å². The van der Waals surface area contributed by atoms with Gasteiger partial charge >= 0.3 is 12.1 Å². The number of aromatic carboxylic acids is 1. The van der Waals surface area contributed by atoms with Crippen molar-refractivity contribution in [3.8, 4) is 0 Å². The average Bonchev–Trinajstić information content (AvgIpc) is 2.55. The lowest BCUT2D eigenvalue weighted by molar-refractivity contribution is 0.0697. The van der Waals surface area contributed by atoms with E-state index in [2.05, 4.69) is 4.74 Å². The molecule has 0 heterocycles. The lowest BCUT2D eigenvalue weighted by Crippen LogP contribution is -2.31. The molecule has 0 aliphatic heterocycles. The van der Waals surface area contributed by atoms with Crippen LogP contribution in [0.3, 0.4) is 0 Å². The lowest BCUT2D eigenvalue weighted by Gasteiger charge is -2.10. The molecule has 1 unspecified atom stereocenters. The summed E-state index contributed by atoms with van der Waals surface area (Å²) in [6.07, 6.45) is -0.109. The van der Waals surface area contributed by atoms with Crippen molar-refractivity contribution in [1.82, 2.24) is 0 Å². The Hall–Kier alpha value is -2.86. The van der Waals surface area contributed by atoms with E-state index >= 15 is 0 Å². The van der Waals surface area contributed by atoms with Crippen molar-refractivity contribution in [2.75, 3.05) is 6.61 Å². The fraction of sp³-hybridized carbons (Fsp3) is 0.176. The van der Waals surface area contributed by atoms with Gasteiger partial charge in [-0.25, -0.2) is 9.59 Å². The second kappa shape index (κ2) is 9.97. The zero-order valence-corrected chi connectivity index (χ0v) is 12.6. The number of hydrogen-bond acceptors (Lipinski definition) is 4. The number of hydrogen-bond donors (Lipinski definition) is 3. The molecule has 2 aromatic carbocycles. The minimum Gasteiger partial charge on any atom is -0.478 e. The molecule has 0 radical (unpaired) electrons. The lowest BCUT2D eigenvalue weighted by atomic mass is 10.1. The third-order valence-electron chi connectivity index (χ3n) is 2.80. The largest absolute Gasteiger partial charge is 0.478 e. The molecule has 0 spiro atoms. The molecule has 1 amide bonds. The first-order valence-electron chi connectivity index (χ1n) is 6.99. The van der Waals surface area contributed by atoms with E-state index in [0.717, 1.165) is 5.56 Å². The van der Waals surface area contributed by atoms with E-state index < -0.39 is 12.1 Å². The number of nitrogens with two attached hydrogens (primary N) is 2. The van der Waals surface area contributed by atoms with Crippen LogP contribution in [-0.4, -0.2) is 29.8 Å². The Morgan fingerprint density at radius 1 is 1.00 bits per heavy atom. The summed E-state index contributed by atoms with van der Waals surface area (Å²) in [5.41, 5.74) is 12.0. The number of primary amides is 1. The molecule has 0 aliphatic rings. The highest BCUT2D eigenvalue weighted by Gasteiger charge is 2.05. The van der Waals surface area contributed by atoms with Gasteiger partial charge in [0.15, 0.2) is 0 Å². The summed E-state index contributed by atoms with van der Waals surface area (Å²) in [4.78, 5) is 20.5. The second-order valence-electron chi connectivity index (χ2n) is 4.75. The number of carbonyl (C=O) groups excluding carboxylic acids is 1. The normalized spacial score (nSPS) is 10.8. The van der Waals surface area contributed by atoms with Crippen molar-refractivity contribution in [3.05, 3.63) is 71.8 Å². The van der Waals surface area contributed by atoms with Crippen molar-refractivity contribution >= 4 is 12.1 Å². The standard InChI is InChI=1S/C10H14N2O2.C7H6O2/c11-9(7-14-10(12)13)6-8-4-2-1-3-5-8;8-7(9)6-4-2-1-3-5-6/h1-5,9H,6-7,11H2,(H2,12,13);1-5H,(H,8,9). The second-order valence-corrected chi connectivity index (χ2v) is 4.75. The number of ether oxygens (including phenoxy) is 1. The maximum atomic E-state index is 10.3. The van der Waals surface area contributed by atoms with E-state index in [1.807, 2.05) is 30.3 Å². The van der Waals surface area contributed by atoms with Gasteiger partial charge in [-0.3, -0.25) is 0 Å². The number of rotatable bonds is 5. The van der Waals surface area contributed by atoms with E-state index in [4.69, 9.17) is 16.6 Å². The van der Waals surface area contributed by atoms with E-state index in [0.29, 0.717) is 12.0 Å². The number of carboxylic acids is 1. The minimum absolute atomic E-state index is 0.157. The maximum absolute atomic E-state index is 10.3. The average molecular weight is 316 g/mol. The summed E-state index contributed by atoms with van der Waals surface area (Å²) < 4.78 is 4.59.